The number of hydrogen-bond donors (Lipinski definition) is 1. The fraction of sp³-hybridized carbons (Fsp3) is 0.636. The summed E-state index contributed by atoms with van der Waals surface area (Å²) in [6.45, 7) is 1.09. The van der Waals surface area contributed by atoms with E-state index in [2.05, 4.69) is 27.3 Å². The van der Waals surface area contributed by atoms with Crippen molar-refractivity contribution >= 4 is 15.9 Å². The fourth-order valence-corrected chi connectivity index (χ4v) is 2.19. The third-order valence-corrected chi connectivity index (χ3v) is 3.68. The zero-order valence-electron chi connectivity index (χ0n) is 8.05. The molecule has 0 radical (unpaired) electrons. The van der Waals surface area contributed by atoms with Crippen molar-refractivity contribution in [2.75, 3.05) is 6.54 Å². The first-order chi connectivity index (χ1) is 6.78. The zero-order chi connectivity index (χ0) is 9.60. The molecule has 0 amide bonds. The van der Waals surface area contributed by atoms with Crippen molar-refractivity contribution < 1.29 is 4.42 Å². The van der Waals surface area contributed by atoms with E-state index in [0.717, 1.165) is 23.0 Å². The summed E-state index contributed by atoms with van der Waals surface area (Å²) in [7, 11) is 0. The topological polar surface area (TPSA) is 25.2 Å². The molecule has 1 aromatic rings. The Balaban J connectivity index is 1.69. The molecule has 2 nitrogen and oxygen atoms in total. The molecule has 2 saturated carbocycles. The van der Waals surface area contributed by atoms with Gasteiger partial charge in [0, 0.05) is 18.0 Å². The van der Waals surface area contributed by atoms with Gasteiger partial charge in [0.25, 0.3) is 0 Å². The van der Waals surface area contributed by atoms with Crippen LogP contribution in [0.15, 0.2) is 21.2 Å². The molecule has 0 atom stereocenters. The highest BCUT2D eigenvalue weighted by Gasteiger charge is 2.47. The normalized spacial score (nSPS) is 23.8. The highest BCUT2D eigenvalue weighted by atomic mass is 79.9. The van der Waals surface area contributed by atoms with Crippen molar-refractivity contribution in [3.8, 4) is 0 Å². The summed E-state index contributed by atoms with van der Waals surface area (Å²) in [6, 6.07) is 4.89. The molecule has 0 saturated heterocycles. The van der Waals surface area contributed by atoms with E-state index in [-0.39, 0.29) is 0 Å². The Morgan fingerprint density at radius 1 is 1.43 bits per heavy atom. The van der Waals surface area contributed by atoms with Crippen molar-refractivity contribution in [2.45, 2.75) is 37.1 Å². The summed E-state index contributed by atoms with van der Waals surface area (Å²) in [5.74, 6) is 1.15. The predicted molar refractivity (Wildman–Crippen MR) is 58.3 cm³/mol. The van der Waals surface area contributed by atoms with Crippen LogP contribution >= 0.6 is 15.9 Å². The molecule has 2 fully saturated rings. The summed E-state index contributed by atoms with van der Waals surface area (Å²) in [5, 5.41) is 3.59. The second-order valence-corrected chi connectivity index (χ2v) is 5.32. The second-order valence-electron chi connectivity index (χ2n) is 4.54. The number of rotatable bonds is 4. The molecule has 3 rings (SSSR count). The minimum absolute atomic E-state index is 0.328. The van der Waals surface area contributed by atoms with Crippen LogP contribution in [0, 0.1) is 0 Å². The molecule has 14 heavy (non-hydrogen) atoms. The minimum atomic E-state index is 0.328. The Labute approximate surface area is 92.2 Å². The molecule has 2 aliphatic carbocycles. The third-order valence-electron chi connectivity index (χ3n) is 3.26. The van der Waals surface area contributed by atoms with Gasteiger partial charge in [0.1, 0.15) is 5.76 Å². The molecule has 0 aliphatic heterocycles. The molecule has 1 aromatic heterocycles. The molecule has 1 heterocycles. The van der Waals surface area contributed by atoms with E-state index < -0.39 is 0 Å². The monoisotopic (exact) mass is 255 g/mol. The van der Waals surface area contributed by atoms with Gasteiger partial charge in [-0.15, -0.1) is 0 Å². The summed E-state index contributed by atoms with van der Waals surface area (Å²) in [5.41, 5.74) is 0.328. The van der Waals surface area contributed by atoms with E-state index in [1.54, 1.807) is 0 Å². The van der Waals surface area contributed by atoms with Gasteiger partial charge in [-0.05, 0) is 53.7 Å². The highest BCUT2D eigenvalue weighted by molar-refractivity contribution is 9.10. The molecule has 0 bridgehead atoms. The molecular formula is C11H14BrNO. The number of halogens is 1. The maximum absolute atomic E-state index is 5.64. The molecule has 1 N–H and O–H groups in total. The molecule has 76 valence electrons. The van der Waals surface area contributed by atoms with Crippen LogP contribution in [-0.2, 0) is 5.41 Å². The molecule has 0 unspecified atom stereocenters. The van der Waals surface area contributed by atoms with Crippen LogP contribution in [0.3, 0.4) is 0 Å². The predicted octanol–water partition coefficient (Wildman–Crippen LogP) is 2.83. The van der Waals surface area contributed by atoms with Crippen molar-refractivity contribution in [2.24, 2.45) is 0 Å². The number of furan rings is 1. The van der Waals surface area contributed by atoms with Crippen LogP contribution < -0.4 is 5.32 Å². The third kappa shape index (κ3) is 1.63. The van der Waals surface area contributed by atoms with E-state index in [1.807, 2.05) is 6.07 Å². The minimum Gasteiger partial charge on any atom is -0.454 e. The van der Waals surface area contributed by atoms with Crippen LogP contribution in [0.5, 0.6) is 0 Å². The molecule has 0 spiro atoms. The Bertz CT molecular complexity index is 339. The Hall–Kier alpha value is -0.280. The van der Waals surface area contributed by atoms with E-state index in [1.165, 1.54) is 25.7 Å². The Morgan fingerprint density at radius 3 is 2.71 bits per heavy atom. The van der Waals surface area contributed by atoms with Gasteiger partial charge >= 0.3 is 0 Å². The van der Waals surface area contributed by atoms with Crippen LogP contribution in [-0.4, -0.2) is 12.6 Å². The Morgan fingerprint density at radius 2 is 2.21 bits per heavy atom. The molecular weight excluding hydrogens is 242 g/mol. The van der Waals surface area contributed by atoms with Gasteiger partial charge in [0.05, 0.1) is 0 Å². The molecule has 0 aromatic carbocycles. The molecule has 3 heteroatoms. The summed E-state index contributed by atoms with van der Waals surface area (Å²) < 4.78 is 6.49. The first-order valence-corrected chi connectivity index (χ1v) is 6.07. The van der Waals surface area contributed by atoms with E-state index in [4.69, 9.17) is 4.42 Å². The lowest BCUT2D eigenvalue weighted by molar-refractivity contribution is 0.419. The maximum Gasteiger partial charge on any atom is 0.169 e. The average molecular weight is 256 g/mol. The first kappa shape index (κ1) is 8.98. The average Bonchev–Trinajstić information content (AvgIpc) is 3.07. The highest BCUT2D eigenvalue weighted by Crippen LogP contribution is 2.49. The zero-order valence-corrected chi connectivity index (χ0v) is 9.64. The summed E-state index contributed by atoms with van der Waals surface area (Å²) in [4.78, 5) is 0. The second kappa shape index (κ2) is 3.11. The summed E-state index contributed by atoms with van der Waals surface area (Å²) >= 11 is 3.36. The van der Waals surface area contributed by atoms with Crippen LogP contribution in [0.2, 0.25) is 0 Å². The maximum atomic E-state index is 5.64. The van der Waals surface area contributed by atoms with Crippen LogP contribution in [0.1, 0.15) is 31.4 Å². The lowest BCUT2D eigenvalue weighted by Crippen LogP contribution is -2.28. The largest absolute Gasteiger partial charge is 0.454 e. The summed E-state index contributed by atoms with van der Waals surface area (Å²) in [6.07, 6.45) is 5.26. The van der Waals surface area contributed by atoms with Crippen LogP contribution in [0.4, 0.5) is 0 Å². The van der Waals surface area contributed by atoms with Gasteiger partial charge in [0.2, 0.25) is 0 Å². The standard InChI is InChI=1S/C11H14BrNO/c12-10-4-3-9(14-10)11(5-6-11)7-13-8-1-2-8/h3-4,8,13H,1-2,5-7H2. The van der Waals surface area contributed by atoms with Crippen molar-refractivity contribution in [3.05, 3.63) is 22.6 Å². The van der Waals surface area contributed by atoms with Gasteiger partial charge in [-0.1, -0.05) is 0 Å². The van der Waals surface area contributed by atoms with Crippen molar-refractivity contribution in [1.29, 1.82) is 0 Å². The van der Waals surface area contributed by atoms with Gasteiger partial charge < -0.3 is 9.73 Å². The first-order valence-electron chi connectivity index (χ1n) is 5.28. The lowest BCUT2D eigenvalue weighted by atomic mass is 10.0. The Kier molecular flexibility index (Phi) is 1.99. The molecule has 2 aliphatic rings. The SMILES string of the molecule is Brc1ccc(C2(CNC3CC3)CC2)o1. The quantitative estimate of drug-likeness (QED) is 0.896. The van der Waals surface area contributed by atoms with Crippen LogP contribution in [0.25, 0.3) is 0 Å². The number of hydrogen-bond acceptors (Lipinski definition) is 2. The van der Waals surface area contributed by atoms with Gasteiger partial charge in [-0.25, -0.2) is 0 Å². The van der Waals surface area contributed by atoms with Gasteiger partial charge in [-0.2, -0.15) is 0 Å². The fourth-order valence-electron chi connectivity index (χ4n) is 1.89. The lowest BCUT2D eigenvalue weighted by Gasteiger charge is -2.12. The van der Waals surface area contributed by atoms with E-state index in [9.17, 15) is 0 Å². The van der Waals surface area contributed by atoms with E-state index >= 15 is 0 Å². The van der Waals surface area contributed by atoms with E-state index in [0.29, 0.717) is 5.41 Å². The van der Waals surface area contributed by atoms with Gasteiger partial charge in [-0.3, -0.25) is 0 Å². The van der Waals surface area contributed by atoms with Crippen molar-refractivity contribution in [1.82, 2.24) is 5.32 Å². The smallest absolute Gasteiger partial charge is 0.169 e. The van der Waals surface area contributed by atoms with Gasteiger partial charge in [0.15, 0.2) is 4.67 Å². The number of nitrogens with one attached hydrogen (secondary N) is 1. The van der Waals surface area contributed by atoms with Crippen molar-refractivity contribution in [3.63, 3.8) is 0 Å².